The molecule has 154 valence electrons. The summed E-state index contributed by atoms with van der Waals surface area (Å²) in [4.78, 5) is 40.2. The van der Waals surface area contributed by atoms with Crippen LogP contribution >= 0.6 is 0 Å². The fourth-order valence-electron chi connectivity index (χ4n) is 3.79. The highest BCUT2D eigenvalue weighted by molar-refractivity contribution is 5.91. The van der Waals surface area contributed by atoms with Crippen molar-refractivity contribution >= 4 is 17.8 Å². The van der Waals surface area contributed by atoms with Crippen LogP contribution in [0.4, 0.5) is 4.79 Å². The Balaban J connectivity index is 1.52. The van der Waals surface area contributed by atoms with Crippen molar-refractivity contribution in [3.63, 3.8) is 0 Å². The standard InChI is InChI=1S/C20H34N2O5/c1-15(23)9-8-14-27-22-16(2)18(19(22)24)21-20(25)26-13-7-6-12-17-10-4-3-5-11-17/h16-18H,3-14H2,1-2H3,(H,21,25)/t16-,18-/m0/s1. The van der Waals surface area contributed by atoms with Gasteiger partial charge in [-0.05, 0) is 39.0 Å². The second kappa shape index (κ2) is 11.3. The number of hydroxylamine groups is 2. The summed E-state index contributed by atoms with van der Waals surface area (Å²) in [7, 11) is 0. The molecular weight excluding hydrogens is 348 g/mol. The molecule has 27 heavy (non-hydrogen) atoms. The van der Waals surface area contributed by atoms with E-state index in [2.05, 4.69) is 5.32 Å². The number of hydrogen-bond acceptors (Lipinski definition) is 5. The molecule has 1 N–H and O–H groups in total. The molecule has 1 saturated carbocycles. The van der Waals surface area contributed by atoms with Crippen LogP contribution in [-0.2, 0) is 19.2 Å². The summed E-state index contributed by atoms with van der Waals surface area (Å²) in [5.41, 5.74) is 0. The molecular formula is C20H34N2O5. The Hall–Kier alpha value is -1.63. The fraction of sp³-hybridized carbons (Fsp3) is 0.850. The first-order valence-corrected chi connectivity index (χ1v) is 10.4. The van der Waals surface area contributed by atoms with Crippen molar-refractivity contribution in [3.8, 4) is 0 Å². The molecule has 7 heteroatoms. The van der Waals surface area contributed by atoms with E-state index in [1.54, 1.807) is 0 Å². The molecule has 2 rings (SSSR count). The fourth-order valence-corrected chi connectivity index (χ4v) is 3.79. The van der Waals surface area contributed by atoms with Crippen LogP contribution < -0.4 is 5.32 Å². The average Bonchev–Trinajstić information content (AvgIpc) is 2.66. The van der Waals surface area contributed by atoms with Crippen LogP contribution in [0, 0.1) is 5.92 Å². The van der Waals surface area contributed by atoms with Crippen LogP contribution in [0.1, 0.15) is 78.1 Å². The van der Waals surface area contributed by atoms with E-state index in [-0.39, 0.29) is 17.7 Å². The maximum Gasteiger partial charge on any atom is 0.407 e. The van der Waals surface area contributed by atoms with Gasteiger partial charge in [-0.3, -0.25) is 9.63 Å². The summed E-state index contributed by atoms with van der Waals surface area (Å²) in [6, 6.07) is -0.846. The third-order valence-corrected chi connectivity index (χ3v) is 5.48. The lowest BCUT2D eigenvalue weighted by molar-refractivity contribution is -0.232. The highest BCUT2D eigenvalue weighted by atomic mass is 16.7. The molecule has 0 unspecified atom stereocenters. The molecule has 2 aliphatic rings. The van der Waals surface area contributed by atoms with Gasteiger partial charge in [0.05, 0.1) is 19.3 Å². The molecule has 0 aromatic carbocycles. The molecule has 2 atom stereocenters. The van der Waals surface area contributed by atoms with Crippen LogP contribution in [-0.4, -0.2) is 48.1 Å². The van der Waals surface area contributed by atoms with Crippen molar-refractivity contribution in [3.05, 3.63) is 0 Å². The van der Waals surface area contributed by atoms with Crippen molar-refractivity contribution in [1.82, 2.24) is 10.4 Å². The first kappa shape index (κ1) is 21.7. The summed E-state index contributed by atoms with van der Waals surface area (Å²) in [5, 5.41) is 3.87. The number of amides is 2. The van der Waals surface area contributed by atoms with Gasteiger partial charge in [-0.25, -0.2) is 9.86 Å². The molecule has 2 amide bonds. The van der Waals surface area contributed by atoms with Gasteiger partial charge in [-0.15, -0.1) is 0 Å². The molecule has 1 heterocycles. The van der Waals surface area contributed by atoms with Gasteiger partial charge in [0, 0.05) is 6.42 Å². The molecule has 1 aliphatic heterocycles. The largest absolute Gasteiger partial charge is 0.450 e. The van der Waals surface area contributed by atoms with Crippen molar-refractivity contribution in [2.24, 2.45) is 5.92 Å². The Morgan fingerprint density at radius 3 is 2.52 bits per heavy atom. The minimum absolute atomic E-state index is 0.0996. The second-order valence-corrected chi connectivity index (χ2v) is 7.80. The number of alkyl carbamates (subject to hydrolysis) is 1. The molecule has 0 radical (unpaired) electrons. The monoisotopic (exact) mass is 382 g/mol. The third-order valence-electron chi connectivity index (χ3n) is 5.48. The smallest absolute Gasteiger partial charge is 0.407 e. The predicted octanol–water partition coefficient (Wildman–Crippen LogP) is 3.36. The Kier molecular flexibility index (Phi) is 9.04. The van der Waals surface area contributed by atoms with Gasteiger partial charge in [0.15, 0.2) is 0 Å². The van der Waals surface area contributed by atoms with E-state index in [0.717, 1.165) is 18.8 Å². The number of nitrogens with one attached hydrogen (secondary N) is 1. The Labute approximate surface area is 162 Å². The predicted molar refractivity (Wildman–Crippen MR) is 101 cm³/mol. The highest BCUT2D eigenvalue weighted by Crippen LogP contribution is 2.27. The van der Waals surface area contributed by atoms with E-state index in [1.807, 2.05) is 6.92 Å². The highest BCUT2D eigenvalue weighted by Gasteiger charge is 2.47. The number of carbonyl (C=O) groups excluding carboxylic acids is 3. The van der Waals surface area contributed by atoms with E-state index < -0.39 is 12.1 Å². The van der Waals surface area contributed by atoms with Gasteiger partial charge in [0.25, 0.3) is 5.91 Å². The minimum Gasteiger partial charge on any atom is -0.450 e. The quantitative estimate of drug-likeness (QED) is 0.437. The van der Waals surface area contributed by atoms with Gasteiger partial charge in [-0.1, -0.05) is 38.5 Å². The van der Waals surface area contributed by atoms with Gasteiger partial charge >= 0.3 is 6.09 Å². The first-order valence-electron chi connectivity index (χ1n) is 10.4. The van der Waals surface area contributed by atoms with E-state index in [0.29, 0.717) is 26.1 Å². The zero-order valence-corrected chi connectivity index (χ0v) is 16.7. The number of β-lactam (4-membered cyclic amide) rings is 1. The molecule has 0 aromatic heterocycles. The zero-order valence-electron chi connectivity index (χ0n) is 16.7. The van der Waals surface area contributed by atoms with Gasteiger partial charge in [0.2, 0.25) is 0 Å². The number of carbonyl (C=O) groups is 3. The topological polar surface area (TPSA) is 84.9 Å². The normalized spacial score (nSPS) is 23.0. The van der Waals surface area contributed by atoms with Crippen LogP contribution in [0.15, 0.2) is 0 Å². The van der Waals surface area contributed by atoms with Crippen LogP contribution in [0.5, 0.6) is 0 Å². The maximum absolute atomic E-state index is 12.1. The number of nitrogens with zero attached hydrogens (tertiary/aromatic N) is 1. The average molecular weight is 383 g/mol. The van der Waals surface area contributed by atoms with Crippen molar-refractivity contribution in [2.45, 2.75) is 90.1 Å². The Morgan fingerprint density at radius 2 is 1.85 bits per heavy atom. The molecule has 0 spiro atoms. The maximum atomic E-state index is 12.1. The zero-order chi connectivity index (χ0) is 19.6. The second-order valence-electron chi connectivity index (χ2n) is 7.80. The van der Waals surface area contributed by atoms with Crippen molar-refractivity contribution in [2.75, 3.05) is 13.2 Å². The number of hydrogen-bond donors (Lipinski definition) is 1. The van der Waals surface area contributed by atoms with Crippen molar-refractivity contribution < 1.29 is 24.0 Å². The lowest BCUT2D eigenvalue weighted by Gasteiger charge is -2.43. The molecule has 7 nitrogen and oxygen atoms in total. The molecule has 1 saturated heterocycles. The lowest BCUT2D eigenvalue weighted by atomic mass is 9.86. The molecule has 0 bridgehead atoms. The summed E-state index contributed by atoms with van der Waals surface area (Å²) in [6.07, 6.45) is 10.4. The number of unbranched alkanes of at least 4 members (excludes halogenated alkanes) is 1. The van der Waals surface area contributed by atoms with Gasteiger partial charge in [-0.2, -0.15) is 0 Å². The van der Waals surface area contributed by atoms with E-state index in [1.165, 1.54) is 50.5 Å². The van der Waals surface area contributed by atoms with E-state index in [9.17, 15) is 14.4 Å². The number of ketones is 1. The number of Topliss-reactive ketones (excluding diaryl/α,β-unsaturated/α-hetero) is 1. The van der Waals surface area contributed by atoms with Crippen LogP contribution in [0.2, 0.25) is 0 Å². The van der Waals surface area contributed by atoms with E-state index >= 15 is 0 Å². The number of rotatable bonds is 11. The summed E-state index contributed by atoms with van der Waals surface area (Å²) in [5.74, 6) is 0.671. The first-order chi connectivity index (χ1) is 13.0. The summed E-state index contributed by atoms with van der Waals surface area (Å²) < 4.78 is 5.20. The Bertz CT molecular complexity index is 505. The SMILES string of the molecule is CC(=O)CCCON1C(=O)[C@@H](NC(=O)OCCCCC2CCCCC2)[C@@H]1C. The minimum atomic E-state index is -0.604. The molecule has 0 aromatic rings. The summed E-state index contributed by atoms with van der Waals surface area (Å²) >= 11 is 0. The molecule has 1 aliphatic carbocycles. The van der Waals surface area contributed by atoms with Gasteiger partial charge < -0.3 is 14.8 Å². The van der Waals surface area contributed by atoms with Crippen molar-refractivity contribution in [1.29, 1.82) is 0 Å². The van der Waals surface area contributed by atoms with Crippen LogP contribution in [0.3, 0.4) is 0 Å². The third kappa shape index (κ3) is 7.13. The van der Waals surface area contributed by atoms with E-state index in [4.69, 9.17) is 9.57 Å². The summed E-state index contributed by atoms with van der Waals surface area (Å²) in [6.45, 7) is 4.04. The Morgan fingerprint density at radius 1 is 1.11 bits per heavy atom. The van der Waals surface area contributed by atoms with Gasteiger partial charge in [0.1, 0.15) is 11.8 Å². The molecule has 2 fully saturated rings. The lowest BCUT2D eigenvalue weighted by Crippen LogP contribution is -2.69. The number of ether oxygens (including phenoxy) is 1. The van der Waals surface area contributed by atoms with Crippen LogP contribution in [0.25, 0.3) is 0 Å².